The minimum Gasteiger partial charge on any atom is -0.495 e. The number of ether oxygens (including phenoxy) is 1. The lowest BCUT2D eigenvalue weighted by atomic mass is 10.1. The highest BCUT2D eigenvalue weighted by Crippen LogP contribution is 2.32. The van der Waals surface area contributed by atoms with Crippen LogP contribution in [0.3, 0.4) is 0 Å². The van der Waals surface area contributed by atoms with Crippen LogP contribution in [0.25, 0.3) is 0 Å². The van der Waals surface area contributed by atoms with Crippen LogP contribution in [0.15, 0.2) is 12.1 Å². The Bertz CT molecular complexity index is 449. The third-order valence-corrected chi connectivity index (χ3v) is 4.25. The number of anilines is 2. The molecule has 4 heteroatoms. The first-order valence-electron chi connectivity index (χ1n) is 6.85. The molecule has 1 heterocycles. The molecule has 4 nitrogen and oxygen atoms in total. The molecule has 1 aromatic rings. The summed E-state index contributed by atoms with van der Waals surface area (Å²) >= 11 is 0. The first-order chi connectivity index (χ1) is 8.93. The molecule has 1 aliphatic rings. The lowest BCUT2D eigenvalue weighted by Crippen LogP contribution is -2.55. The van der Waals surface area contributed by atoms with Gasteiger partial charge >= 0.3 is 0 Å². The number of likely N-dealkylation sites (N-methyl/N-ethyl adjacent to an activating group) is 1. The van der Waals surface area contributed by atoms with Crippen molar-refractivity contribution in [1.29, 1.82) is 0 Å². The topological polar surface area (TPSA) is 41.7 Å². The molecular weight excluding hydrogens is 238 g/mol. The minimum atomic E-state index is 0.548. The van der Waals surface area contributed by atoms with E-state index in [-0.39, 0.29) is 0 Å². The van der Waals surface area contributed by atoms with E-state index in [0.717, 1.165) is 18.8 Å². The number of nitrogens with zero attached hydrogens (tertiary/aromatic N) is 2. The Morgan fingerprint density at radius 3 is 2.32 bits per heavy atom. The second-order valence-corrected chi connectivity index (χ2v) is 5.65. The smallest absolute Gasteiger partial charge is 0.143 e. The van der Waals surface area contributed by atoms with Crippen molar-refractivity contribution in [3.8, 4) is 5.75 Å². The lowest BCUT2D eigenvalue weighted by Gasteiger charge is -2.44. The molecule has 1 saturated heterocycles. The molecule has 0 amide bonds. The third kappa shape index (κ3) is 2.63. The van der Waals surface area contributed by atoms with Crippen molar-refractivity contribution in [2.75, 3.05) is 37.9 Å². The molecule has 0 spiro atoms. The highest BCUT2D eigenvalue weighted by atomic mass is 16.5. The molecule has 1 fully saturated rings. The molecule has 1 aromatic carbocycles. The summed E-state index contributed by atoms with van der Waals surface area (Å²) in [4.78, 5) is 4.87. The van der Waals surface area contributed by atoms with Gasteiger partial charge in [-0.15, -0.1) is 0 Å². The maximum absolute atomic E-state index is 5.96. The first kappa shape index (κ1) is 14.0. The molecule has 19 heavy (non-hydrogen) atoms. The van der Waals surface area contributed by atoms with Gasteiger partial charge in [0.2, 0.25) is 0 Å². The number of rotatable bonds is 2. The summed E-state index contributed by atoms with van der Waals surface area (Å²) in [5.41, 5.74) is 9.11. The van der Waals surface area contributed by atoms with Crippen molar-refractivity contribution in [3.63, 3.8) is 0 Å². The van der Waals surface area contributed by atoms with E-state index in [1.165, 1.54) is 11.3 Å². The number of nitrogens with two attached hydrogens (primary N) is 1. The monoisotopic (exact) mass is 263 g/mol. The maximum atomic E-state index is 5.96. The SMILES string of the molecule is COc1cc(N2C[C@@H](C)N(C)[C@@H](C)C2)c(C)cc1N. The molecule has 0 saturated carbocycles. The summed E-state index contributed by atoms with van der Waals surface area (Å²) in [7, 11) is 3.86. The quantitative estimate of drug-likeness (QED) is 0.830. The van der Waals surface area contributed by atoms with E-state index in [0.29, 0.717) is 17.8 Å². The number of methoxy groups -OCH3 is 1. The summed E-state index contributed by atoms with van der Waals surface area (Å²) in [5.74, 6) is 0.764. The molecule has 2 N–H and O–H groups in total. The van der Waals surface area contributed by atoms with Crippen LogP contribution in [-0.4, -0.2) is 44.2 Å². The van der Waals surface area contributed by atoms with Crippen molar-refractivity contribution in [3.05, 3.63) is 17.7 Å². The molecule has 2 atom stereocenters. The zero-order valence-corrected chi connectivity index (χ0v) is 12.6. The van der Waals surface area contributed by atoms with Crippen LogP contribution in [0.4, 0.5) is 11.4 Å². The Labute approximate surface area is 116 Å². The van der Waals surface area contributed by atoms with Crippen LogP contribution in [0, 0.1) is 6.92 Å². The number of hydrogen-bond acceptors (Lipinski definition) is 4. The van der Waals surface area contributed by atoms with Gasteiger partial charge in [0, 0.05) is 36.9 Å². The molecule has 2 rings (SSSR count). The molecule has 1 aliphatic heterocycles. The van der Waals surface area contributed by atoms with Gasteiger partial charge in [-0.1, -0.05) is 0 Å². The van der Waals surface area contributed by atoms with Crippen molar-refractivity contribution in [1.82, 2.24) is 4.90 Å². The van der Waals surface area contributed by atoms with Crippen LogP contribution in [-0.2, 0) is 0 Å². The average molecular weight is 263 g/mol. The predicted molar refractivity (Wildman–Crippen MR) is 81.0 cm³/mol. The fourth-order valence-corrected chi connectivity index (χ4v) is 2.82. The van der Waals surface area contributed by atoms with Crippen LogP contribution in [0.5, 0.6) is 5.75 Å². The lowest BCUT2D eigenvalue weighted by molar-refractivity contribution is 0.170. The van der Waals surface area contributed by atoms with E-state index in [1.54, 1.807) is 7.11 Å². The van der Waals surface area contributed by atoms with Gasteiger partial charge in [-0.25, -0.2) is 0 Å². The van der Waals surface area contributed by atoms with Gasteiger partial charge in [0.1, 0.15) is 5.75 Å². The fourth-order valence-electron chi connectivity index (χ4n) is 2.82. The summed E-state index contributed by atoms with van der Waals surface area (Å²) in [6, 6.07) is 5.16. The van der Waals surface area contributed by atoms with E-state index in [2.05, 4.69) is 43.7 Å². The van der Waals surface area contributed by atoms with Gasteiger partial charge in [-0.2, -0.15) is 0 Å². The number of nitrogen functional groups attached to an aromatic ring is 1. The zero-order chi connectivity index (χ0) is 14.2. The van der Waals surface area contributed by atoms with E-state index in [4.69, 9.17) is 10.5 Å². The molecule has 0 bridgehead atoms. The van der Waals surface area contributed by atoms with Crippen molar-refractivity contribution < 1.29 is 4.74 Å². The molecule has 106 valence electrons. The Balaban J connectivity index is 2.31. The Hall–Kier alpha value is -1.42. The van der Waals surface area contributed by atoms with E-state index < -0.39 is 0 Å². The summed E-state index contributed by atoms with van der Waals surface area (Å²) in [6.07, 6.45) is 0. The molecule has 0 aliphatic carbocycles. The van der Waals surface area contributed by atoms with Gasteiger partial charge in [-0.3, -0.25) is 4.90 Å². The van der Waals surface area contributed by atoms with Crippen LogP contribution in [0.1, 0.15) is 19.4 Å². The second-order valence-electron chi connectivity index (χ2n) is 5.65. The number of piperazine rings is 1. The zero-order valence-electron chi connectivity index (χ0n) is 12.6. The van der Waals surface area contributed by atoms with Crippen LogP contribution < -0.4 is 15.4 Å². The number of hydrogen-bond donors (Lipinski definition) is 1. The predicted octanol–water partition coefficient (Wildman–Crippen LogP) is 2.11. The standard InChI is InChI=1S/C15H25N3O/c1-10-6-13(16)15(19-5)7-14(10)18-8-11(2)17(4)12(3)9-18/h6-7,11-12H,8-9,16H2,1-5H3/t11-,12+. The Morgan fingerprint density at radius 2 is 1.79 bits per heavy atom. The summed E-state index contributed by atoms with van der Waals surface area (Å²) in [6.45, 7) is 8.72. The highest BCUT2D eigenvalue weighted by Gasteiger charge is 2.27. The Morgan fingerprint density at radius 1 is 1.21 bits per heavy atom. The van der Waals surface area contributed by atoms with Crippen LogP contribution >= 0.6 is 0 Å². The van der Waals surface area contributed by atoms with E-state index >= 15 is 0 Å². The Kier molecular flexibility index (Phi) is 3.90. The maximum Gasteiger partial charge on any atom is 0.143 e. The van der Waals surface area contributed by atoms with Gasteiger partial charge in [0.15, 0.2) is 0 Å². The largest absolute Gasteiger partial charge is 0.495 e. The van der Waals surface area contributed by atoms with Gasteiger partial charge < -0.3 is 15.4 Å². The fraction of sp³-hybridized carbons (Fsp3) is 0.600. The average Bonchev–Trinajstić information content (AvgIpc) is 2.35. The van der Waals surface area contributed by atoms with Gasteiger partial charge in [-0.05, 0) is 39.4 Å². The number of aryl methyl sites for hydroxylation is 1. The van der Waals surface area contributed by atoms with Crippen LogP contribution in [0.2, 0.25) is 0 Å². The normalized spacial score (nSPS) is 24.6. The first-order valence-corrected chi connectivity index (χ1v) is 6.85. The summed E-state index contributed by atoms with van der Waals surface area (Å²) in [5, 5.41) is 0. The molecule has 0 unspecified atom stereocenters. The van der Waals surface area contributed by atoms with Crippen molar-refractivity contribution in [2.45, 2.75) is 32.9 Å². The molecular formula is C15H25N3O. The molecule has 0 aromatic heterocycles. The highest BCUT2D eigenvalue weighted by molar-refractivity contribution is 5.66. The van der Waals surface area contributed by atoms with Gasteiger partial charge in [0.05, 0.1) is 12.8 Å². The molecule has 0 radical (unpaired) electrons. The summed E-state index contributed by atoms with van der Waals surface area (Å²) < 4.78 is 5.34. The van der Waals surface area contributed by atoms with Crippen molar-refractivity contribution in [2.24, 2.45) is 0 Å². The van der Waals surface area contributed by atoms with E-state index in [9.17, 15) is 0 Å². The second kappa shape index (κ2) is 5.29. The minimum absolute atomic E-state index is 0.548. The van der Waals surface area contributed by atoms with E-state index in [1.807, 2.05) is 6.07 Å². The van der Waals surface area contributed by atoms with Gasteiger partial charge in [0.25, 0.3) is 0 Å². The van der Waals surface area contributed by atoms with Crippen molar-refractivity contribution >= 4 is 11.4 Å². The third-order valence-electron chi connectivity index (χ3n) is 4.25. The number of benzene rings is 1.